The molecule has 0 unspecified atom stereocenters. The van der Waals surface area contributed by atoms with Crippen LogP contribution >= 0.6 is 0 Å². The second-order valence-corrected chi connectivity index (χ2v) is 3.90. The molecule has 0 saturated carbocycles. The van der Waals surface area contributed by atoms with Crippen molar-refractivity contribution in [2.75, 3.05) is 4.43 Å². The first-order valence-corrected chi connectivity index (χ1v) is 5.10. The van der Waals surface area contributed by atoms with Gasteiger partial charge in [-0.3, -0.25) is 0 Å². The summed E-state index contributed by atoms with van der Waals surface area (Å²) in [6, 6.07) is 0. The number of halogens is 1. The minimum atomic E-state index is 0.266. The number of carbonyl (C=O) groups is 1. The van der Waals surface area contributed by atoms with Crippen LogP contribution in [0.2, 0.25) is 0 Å². The Kier molecular flexibility index (Phi) is 2.27. The van der Waals surface area contributed by atoms with E-state index in [1.54, 1.807) is 0 Å². The summed E-state index contributed by atoms with van der Waals surface area (Å²) in [5, 5.41) is 0. The molecular weight excluding hydrogens is 215 g/mol. The van der Waals surface area contributed by atoms with Gasteiger partial charge in [0.2, 0.25) is 0 Å². The molecule has 0 spiro atoms. The van der Waals surface area contributed by atoms with Crippen LogP contribution in [0.5, 0.6) is 0 Å². The van der Waals surface area contributed by atoms with E-state index in [2.05, 4.69) is 4.08 Å². The van der Waals surface area contributed by atoms with Crippen molar-refractivity contribution in [3.05, 3.63) is 21.8 Å². The van der Waals surface area contributed by atoms with Gasteiger partial charge in [-0.05, 0) is 0 Å². The fraction of sp³-hybridized carbons (Fsp3) is 0.167. The Hall–Kier alpha value is -0.120. The van der Waals surface area contributed by atoms with E-state index in [4.69, 9.17) is 0 Å². The summed E-state index contributed by atoms with van der Waals surface area (Å²) >= 11 is 0.266. The van der Waals surface area contributed by atoms with E-state index >= 15 is 0 Å². The van der Waals surface area contributed by atoms with E-state index < -0.39 is 0 Å². The van der Waals surface area contributed by atoms with Crippen LogP contribution in [-0.4, -0.2) is 10.7 Å². The second kappa shape index (κ2) is 3.02. The maximum atomic E-state index is 10.1. The molecule has 0 aromatic carbocycles. The summed E-state index contributed by atoms with van der Waals surface area (Å²) < 4.78 is 3.26. The number of aldehydes is 1. The zero-order valence-electron chi connectivity index (χ0n) is 4.30. The fourth-order valence-electron chi connectivity index (χ4n) is 0.458. The van der Waals surface area contributed by atoms with Gasteiger partial charge in [-0.1, -0.05) is 0 Å². The molecule has 8 heavy (non-hydrogen) atoms. The summed E-state index contributed by atoms with van der Waals surface area (Å²) in [6.07, 6.45) is 4.81. The normalized spacial score (nSPS) is 18.8. The van der Waals surface area contributed by atoms with Crippen molar-refractivity contribution in [2.24, 2.45) is 0 Å². The predicted octanol–water partition coefficient (Wildman–Crippen LogP) is -2.27. The summed E-state index contributed by atoms with van der Waals surface area (Å²) in [5.41, 5.74) is 0.843. The molecular formula is C6H6IO-. The predicted molar refractivity (Wildman–Crippen MR) is 28.2 cm³/mol. The van der Waals surface area contributed by atoms with Gasteiger partial charge in [0.1, 0.15) is 0 Å². The third-order valence-corrected chi connectivity index (χ3v) is 2.70. The van der Waals surface area contributed by atoms with E-state index in [1.165, 1.54) is 0 Å². The van der Waals surface area contributed by atoms with E-state index in [0.29, 0.717) is 0 Å². The van der Waals surface area contributed by atoms with Gasteiger partial charge in [-0.2, -0.15) is 0 Å². The molecule has 0 bridgehead atoms. The van der Waals surface area contributed by atoms with Gasteiger partial charge in [-0.25, -0.2) is 0 Å². The molecule has 1 nitrogen and oxygen atoms in total. The monoisotopic (exact) mass is 221 g/mol. The molecule has 1 aliphatic heterocycles. The molecule has 0 aliphatic carbocycles. The standard InChI is InChI=1S/C6H6IO/c8-5-6-1-3-7-4-2-6/h1-3,5H,4H2/q-1. The molecule has 0 atom stereocenters. The minimum absolute atomic E-state index is 0.266. The molecule has 1 aliphatic rings. The first kappa shape index (κ1) is 6.01. The first-order valence-electron chi connectivity index (χ1n) is 2.33. The summed E-state index contributed by atoms with van der Waals surface area (Å²) in [4.78, 5) is 10.1. The Balaban J connectivity index is 2.64. The molecule has 0 radical (unpaired) electrons. The van der Waals surface area contributed by atoms with Crippen LogP contribution in [0.25, 0.3) is 0 Å². The zero-order chi connectivity index (χ0) is 5.82. The number of rotatable bonds is 1. The van der Waals surface area contributed by atoms with Crippen molar-refractivity contribution in [2.45, 2.75) is 0 Å². The molecule has 0 aromatic rings. The SMILES string of the molecule is O=CC1=CC[I-]C=C1. The maximum absolute atomic E-state index is 10.1. The fourth-order valence-corrected chi connectivity index (χ4v) is 2.18. The van der Waals surface area contributed by atoms with Gasteiger partial charge in [0.05, 0.1) is 0 Å². The van der Waals surface area contributed by atoms with Crippen LogP contribution < -0.4 is 21.2 Å². The summed E-state index contributed by atoms with van der Waals surface area (Å²) in [5.74, 6) is 0. The Morgan fingerprint density at radius 3 is 3.00 bits per heavy atom. The molecule has 0 N–H and O–H groups in total. The van der Waals surface area contributed by atoms with Gasteiger partial charge in [0, 0.05) is 0 Å². The third kappa shape index (κ3) is 1.43. The van der Waals surface area contributed by atoms with Crippen molar-refractivity contribution in [1.29, 1.82) is 0 Å². The number of alkyl halides is 1. The Morgan fingerprint density at radius 1 is 1.75 bits per heavy atom. The molecule has 0 amide bonds. The third-order valence-electron chi connectivity index (χ3n) is 0.883. The molecule has 0 fully saturated rings. The second-order valence-electron chi connectivity index (χ2n) is 1.42. The van der Waals surface area contributed by atoms with Crippen LogP contribution in [0, 0.1) is 0 Å². The van der Waals surface area contributed by atoms with Gasteiger partial charge in [0.25, 0.3) is 0 Å². The van der Waals surface area contributed by atoms with Crippen LogP contribution in [0.3, 0.4) is 0 Å². The molecule has 2 heteroatoms. The van der Waals surface area contributed by atoms with Crippen LogP contribution in [0.1, 0.15) is 0 Å². The Morgan fingerprint density at radius 2 is 2.62 bits per heavy atom. The zero-order valence-corrected chi connectivity index (χ0v) is 6.46. The Bertz CT molecular complexity index is 147. The first-order chi connectivity index (χ1) is 3.93. The van der Waals surface area contributed by atoms with E-state index in [9.17, 15) is 4.79 Å². The topological polar surface area (TPSA) is 17.1 Å². The number of hydrogen-bond donors (Lipinski definition) is 0. The van der Waals surface area contributed by atoms with Crippen molar-refractivity contribution >= 4 is 6.29 Å². The van der Waals surface area contributed by atoms with E-state index in [1.807, 2.05) is 12.2 Å². The average Bonchev–Trinajstić information content (AvgIpc) is 1.90. The molecule has 44 valence electrons. The van der Waals surface area contributed by atoms with Gasteiger partial charge in [-0.15, -0.1) is 0 Å². The number of hydrogen-bond acceptors (Lipinski definition) is 1. The summed E-state index contributed by atoms with van der Waals surface area (Å²) in [6.45, 7) is 0. The van der Waals surface area contributed by atoms with E-state index in [0.717, 1.165) is 16.3 Å². The Labute approximate surface area is 58.7 Å². The molecule has 0 aromatic heterocycles. The van der Waals surface area contributed by atoms with Crippen LogP contribution in [0.4, 0.5) is 0 Å². The average molecular weight is 221 g/mol. The van der Waals surface area contributed by atoms with Crippen molar-refractivity contribution in [3.8, 4) is 0 Å². The molecule has 1 heterocycles. The summed E-state index contributed by atoms with van der Waals surface area (Å²) in [7, 11) is 0. The van der Waals surface area contributed by atoms with E-state index in [-0.39, 0.29) is 21.2 Å². The van der Waals surface area contributed by atoms with Gasteiger partial charge < -0.3 is 0 Å². The van der Waals surface area contributed by atoms with Crippen LogP contribution in [0.15, 0.2) is 21.8 Å². The number of carbonyl (C=O) groups excluding carboxylic acids is 1. The quantitative estimate of drug-likeness (QED) is 0.277. The molecule has 0 saturated heterocycles. The van der Waals surface area contributed by atoms with Crippen LogP contribution in [-0.2, 0) is 4.79 Å². The van der Waals surface area contributed by atoms with Gasteiger partial charge in [0.15, 0.2) is 0 Å². The van der Waals surface area contributed by atoms with Gasteiger partial charge >= 0.3 is 58.5 Å². The number of allylic oxidation sites excluding steroid dienone is 3. The van der Waals surface area contributed by atoms with Crippen molar-refractivity contribution < 1.29 is 26.0 Å². The molecule has 1 rings (SSSR count). The van der Waals surface area contributed by atoms with Crippen molar-refractivity contribution in [1.82, 2.24) is 0 Å². The van der Waals surface area contributed by atoms with Crippen molar-refractivity contribution in [3.63, 3.8) is 0 Å².